The van der Waals surface area contributed by atoms with Gasteiger partial charge >= 0.3 is 11.8 Å². The van der Waals surface area contributed by atoms with Crippen molar-refractivity contribution in [2.75, 3.05) is 44.8 Å². The number of para-hydroxylation sites is 1. The van der Waals surface area contributed by atoms with Gasteiger partial charge in [-0.05, 0) is 58.6 Å². The lowest BCUT2D eigenvalue weighted by Gasteiger charge is -2.27. The lowest BCUT2D eigenvalue weighted by molar-refractivity contribution is -0.137. The maximum absolute atomic E-state index is 12.4. The van der Waals surface area contributed by atoms with Gasteiger partial charge in [-0.15, -0.1) is 0 Å². The first-order valence-electron chi connectivity index (χ1n) is 11.6. The van der Waals surface area contributed by atoms with Crippen molar-refractivity contribution in [3.8, 4) is 11.5 Å². The van der Waals surface area contributed by atoms with Gasteiger partial charge in [0.2, 0.25) is 0 Å². The summed E-state index contributed by atoms with van der Waals surface area (Å²) in [7, 11) is 0. The normalized spacial score (nSPS) is 13.4. The largest absolute Gasteiger partial charge is 0.490 e. The second kappa shape index (κ2) is 13.6. The Labute approximate surface area is 218 Å². The Morgan fingerprint density at radius 1 is 1.11 bits per heavy atom. The summed E-state index contributed by atoms with van der Waals surface area (Å²) in [6, 6.07) is 10.6. The minimum Gasteiger partial charge on any atom is -0.490 e. The van der Waals surface area contributed by atoms with Crippen LogP contribution in [0.15, 0.2) is 46.0 Å². The molecule has 0 saturated carbocycles. The van der Waals surface area contributed by atoms with Gasteiger partial charge in [0.15, 0.2) is 18.1 Å². The summed E-state index contributed by atoms with van der Waals surface area (Å²) < 4.78 is 17.3. The van der Waals surface area contributed by atoms with E-state index in [0.29, 0.717) is 66.6 Å². The van der Waals surface area contributed by atoms with Crippen molar-refractivity contribution in [3.63, 3.8) is 0 Å². The first-order valence-corrected chi connectivity index (χ1v) is 12.4. The molecule has 1 heterocycles. The topological polar surface area (TPSA) is 119 Å². The number of benzene rings is 2. The van der Waals surface area contributed by atoms with Gasteiger partial charge in [0.25, 0.3) is 5.91 Å². The van der Waals surface area contributed by atoms with Crippen molar-refractivity contribution in [1.29, 1.82) is 0 Å². The van der Waals surface area contributed by atoms with Gasteiger partial charge in [0, 0.05) is 18.8 Å². The standard InChI is InChI=1S/C25H29BrN4O6/c1-3-18-7-5-6-8-20(18)28-24(32)25(33)29-27-15-17-13-19(26)23(21(14-17)35-4-2)36-16-22(31)30-9-11-34-12-10-30/h5-8,13-15H,3-4,9-12,16H2,1-2H3,(H,28,32)(H,29,33)/b27-15-. The molecule has 0 spiro atoms. The maximum atomic E-state index is 12.4. The molecule has 10 nitrogen and oxygen atoms in total. The second-order valence-corrected chi connectivity index (χ2v) is 8.56. The molecule has 0 radical (unpaired) electrons. The summed E-state index contributed by atoms with van der Waals surface area (Å²) in [6.45, 7) is 6.11. The van der Waals surface area contributed by atoms with E-state index in [4.69, 9.17) is 14.2 Å². The van der Waals surface area contributed by atoms with Crippen molar-refractivity contribution in [2.24, 2.45) is 5.10 Å². The zero-order valence-electron chi connectivity index (χ0n) is 20.2. The lowest BCUT2D eigenvalue weighted by Crippen LogP contribution is -2.43. The van der Waals surface area contributed by atoms with E-state index in [-0.39, 0.29) is 12.5 Å². The molecule has 192 valence electrons. The third kappa shape index (κ3) is 7.53. The molecule has 0 aromatic heterocycles. The molecule has 0 atom stereocenters. The summed E-state index contributed by atoms with van der Waals surface area (Å²) >= 11 is 3.45. The summed E-state index contributed by atoms with van der Waals surface area (Å²) in [5.41, 5.74) is 4.30. The van der Waals surface area contributed by atoms with Crippen molar-refractivity contribution in [1.82, 2.24) is 10.3 Å². The molecule has 2 aromatic rings. The maximum Gasteiger partial charge on any atom is 0.329 e. The fraction of sp³-hybridized carbons (Fsp3) is 0.360. The number of nitrogens with zero attached hydrogens (tertiary/aromatic N) is 2. The van der Waals surface area contributed by atoms with Crippen LogP contribution in [0.5, 0.6) is 11.5 Å². The Morgan fingerprint density at radius 3 is 2.58 bits per heavy atom. The molecule has 0 unspecified atom stereocenters. The summed E-state index contributed by atoms with van der Waals surface area (Å²) in [5.74, 6) is -1.07. The fourth-order valence-electron chi connectivity index (χ4n) is 3.45. The van der Waals surface area contributed by atoms with Crippen LogP contribution in [0, 0.1) is 0 Å². The predicted molar refractivity (Wildman–Crippen MR) is 138 cm³/mol. The molecule has 1 saturated heterocycles. The van der Waals surface area contributed by atoms with E-state index >= 15 is 0 Å². The third-order valence-corrected chi connectivity index (χ3v) is 5.86. The number of amides is 3. The molecule has 3 rings (SSSR count). The summed E-state index contributed by atoms with van der Waals surface area (Å²) in [5, 5.41) is 6.47. The average molecular weight is 561 g/mol. The van der Waals surface area contributed by atoms with E-state index in [1.54, 1.807) is 29.2 Å². The highest BCUT2D eigenvalue weighted by Crippen LogP contribution is 2.36. The second-order valence-electron chi connectivity index (χ2n) is 7.71. The van der Waals surface area contributed by atoms with Crippen molar-refractivity contribution >= 4 is 45.6 Å². The zero-order chi connectivity index (χ0) is 25.9. The van der Waals surface area contributed by atoms with Crippen LogP contribution in [0.1, 0.15) is 25.0 Å². The number of carbonyl (C=O) groups excluding carboxylic acids is 3. The smallest absolute Gasteiger partial charge is 0.329 e. The van der Waals surface area contributed by atoms with Gasteiger partial charge in [-0.2, -0.15) is 5.10 Å². The quantitative estimate of drug-likeness (QED) is 0.276. The Balaban J connectivity index is 1.61. The van der Waals surface area contributed by atoms with Gasteiger partial charge in [0.05, 0.1) is 30.5 Å². The van der Waals surface area contributed by atoms with Crippen LogP contribution in [0.2, 0.25) is 0 Å². The molecule has 1 fully saturated rings. The number of nitrogens with one attached hydrogen (secondary N) is 2. The van der Waals surface area contributed by atoms with Crippen LogP contribution in [0.25, 0.3) is 0 Å². The van der Waals surface area contributed by atoms with Crippen LogP contribution in [0.4, 0.5) is 5.69 Å². The minimum absolute atomic E-state index is 0.138. The minimum atomic E-state index is -0.900. The molecule has 2 N–H and O–H groups in total. The Hall–Kier alpha value is -3.44. The van der Waals surface area contributed by atoms with Crippen LogP contribution in [0.3, 0.4) is 0 Å². The fourth-order valence-corrected chi connectivity index (χ4v) is 4.02. The van der Waals surface area contributed by atoms with Gasteiger partial charge < -0.3 is 24.4 Å². The van der Waals surface area contributed by atoms with E-state index in [0.717, 1.165) is 5.56 Å². The first-order chi connectivity index (χ1) is 17.4. The highest BCUT2D eigenvalue weighted by Gasteiger charge is 2.20. The van der Waals surface area contributed by atoms with E-state index in [1.807, 2.05) is 26.0 Å². The molecule has 1 aliphatic rings. The van der Waals surface area contributed by atoms with Gasteiger partial charge in [-0.3, -0.25) is 14.4 Å². The number of hydrazone groups is 1. The number of hydrogen-bond acceptors (Lipinski definition) is 7. The van der Waals surface area contributed by atoms with Gasteiger partial charge in [-0.1, -0.05) is 25.1 Å². The molecule has 0 aliphatic carbocycles. The molecule has 1 aliphatic heterocycles. The summed E-state index contributed by atoms with van der Waals surface area (Å²) in [6.07, 6.45) is 2.09. The van der Waals surface area contributed by atoms with Crippen LogP contribution < -0.4 is 20.2 Å². The van der Waals surface area contributed by atoms with E-state index < -0.39 is 11.8 Å². The van der Waals surface area contributed by atoms with E-state index in [2.05, 4.69) is 31.8 Å². The number of halogens is 1. The van der Waals surface area contributed by atoms with Gasteiger partial charge in [-0.25, -0.2) is 5.43 Å². The number of rotatable bonds is 9. The highest BCUT2D eigenvalue weighted by molar-refractivity contribution is 9.10. The molecule has 0 bridgehead atoms. The SMILES string of the molecule is CCOc1cc(/C=N\NC(=O)C(=O)Nc2ccccc2CC)cc(Br)c1OCC(=O)N1CCOCC1. The molecular weight excluding hydrogens is 532 g/mol. The highest BCUT2D eigenvalue weighted by atomic mass is 79.9. The number of morpholine rings is 1. The monoisotopic (exact) mass is 560 g/mol. The van der Waals surface area contributed by atoms with Crippen molar-refractivity contribution in [2.45, 2.75) is 20.3 Å². The lowest BCUT2D eigenvalue weighted by atomic mass is 10.1. The molecule has 3 amide bonds. The zero-order valence-corrected chi connectivity index (χ0v) is 21.8. The summed E-state index contributed by atoms with van der Waals surface area (Å²) in [4.78, 5) is 38.5. The van der Waals surface area contributed by atoms with E-state index in [9.17, 15) is 14.4 Å². The third-order valence-electron chi connectivity index (χ3n) is 5.27. The van der Waals surface area contributed by atoms with E-state index in [1.165, 1.54) is 6.21 Å². The van der Waals surface area contributed by atoms with Crippen molar-refractivity contribution in [3.05, 3.63) is 52.0 Å². The van der Waals surface area contributed by atoms with Crippen LogP contribution in [-0.4, -0.2) is 68.4 Å². The number of anilines is 1. The molecule has 2 aromatic carbocycles. The van der Waals surface area contributed by atoms with Gasteiger partial charge in [0.1, 0.15) is 0 Å². The molecular formula is C25H29BrN4O6. The predicted octanol–water partition coefficient (Wildman–Crippen LogP) is 2.74. The van der Waals surface area contributed by atoms with Crippen LogP contribution >= 0.6 is 15.9 Å². The Kier molecular flexibility index (Phi) is 10.3. The number of hydrogen-bond donors (Lipinski definition) is 2. The average Bonchev–Trinajstić information content (AvgIpc) is 2.89. The Morgan fingerprint density at radius 2 is 1.86 bits per heavy atom. The molecule has 36 heavy (non-hydrogen) atoms. The first kappa shape index (κ1) is 27.2. The Bertz CT molecular complexity index is 1120. The number of ether oxygens (including phenoxy) is 3. The van der Waals surface area contributed by atoms with Crippen molar-refractivity contribution < 1.29 is 28.6 Å². The number of carbonyl (C=O) groups is 3. The van der Waals surface area contributed by atoms with Crippen LogP contribution in [-0.2, 0) is 25.5 Å². The molecule has 11 heteroatoms. The number of aryl methyl sites for hydroxylation is 1.